The lowest BCUT2D eigenvalue weighted by atomic mass is 10.1. The molecule has 3 rings (SSSR count). The van der Waals surface area contributed by atoms with Crippen LogP contribution in [0, 0.1) is 0 Å². The highest BCUT2D eigenvalue weighted by atomic mass is 32.1. The Bertz CT molecular complexity index is 557. The quantitative estimate of drug-likeness (QED) is 0.930. The summed E-state index contributed by atoms with van der Waals surface area (Å²) in [6.45, 7) is 2.92. The molecule has 2 N–H and O–H groups in total. The molecule has 0 saturated heterocycles. The molecular formula is C14H17N3OS. The molecule has 1 aliphatic rings. The second kappa shape index (κ2) is 5.28. The monoisotopic (exact) mass is 275 g/mol. The predicted molar refractivity (Wildman–Crippen MR) is 77.0 cm³/mol. The molecule has 0 saturated carbocycles. The number of nitrogens with two attached hydrogens (primary N) is 1. The molecular weight excluding hydrogens is 258 g/mol. The van der Waals surface area contributed by atoms with Crippen LogP contribution < -0.4 is 10.6 Å². The molecule has 100 valence electrons. The first-order valence-corrected chi connectivity index (χ1v) is 7.12. The van der Waals surface area contributed by atoms with E-state index < -0.39 is 0 Å². The molecule has 0 bridgehead atoms. The SMILES string of the molecule is COCc1nc(N2Cc3ccccc3C2)sc1CN. The predicted octanol–water partition coefficient (Wildman–Crippen LogP) is 2.27. The maximum Gasteiger partial charge on any atom is 0.186 e. The van der Waals surface area contributed by atoms with Crippen LogP contribution in [0.2, 0.25) is 0 Å². The highest BCUT2D eigenvalue weighted by Gasteiger charge is 2.22. The number of benzene rings is 1. The number of methoxy groups -OCH3 is 1. The second-order valence-electron chi connectivity index (χ2n) is 4.63. The largest absolute Gasteiger partial charge is 0.378 e. The Hall–Kier alpha value is -1.43. The van der Waals surface area contributed by atoms with Crippen LogP contribution in [0.15, 0.2) is 24.3 Å². The molecule has 0 amide bonds. The maximum absolute atomic E-state index is 5.77. The van der Waals surface area contributed by atoms with Gasteiger partial charge in [0.2, 0.25) is 0 Å². The minimum Gasteiger partial charge on any atom is -0.378 e. The summed E-state index contributed by atoms with van der Waals surface area (Å²) in [6.07, 6.45) is 0. The van der Waals surface area contributed by atoms with Gasteiger partial charge in [0, 0.05) is 31.6 Å². The van der Waals surface area contributed by atoms with Gasteiger partial charge in [-0.2, -0.15) is 0 Å². The molecule has 4 nitrogen and oxygen atoms in total. The van der Waals surface area contributed by atoms with Gasteiger partial charge < -0.3 is 15.4 Å². The summed E-state index contributed by atoms with van der Waals surface area (Å²) in [7, 11) is 1.69. The van der Waals surface area contributed by atoms with Gasteiger partial charge in [-0.3, -0.25) is 0 Å². The van der Waals surface area contributed by atoms with E-state index in [4.69, 9.17) is 10.5 Å². The number of thiazole rings is 1. The van der Waals surface area contributed by atoms with Crippen molar-refractivity contribution in [3.63, 3.8) is 0 Å². The van der Waals surface area contributed by atoms with Crippen LogP contribution in [0.4, 0.5) is 5.13 Å². The zero-order valence-corrected chi connectivity index (χ0v) is 11.7. The van der Waals surface area contributed by atoms with Crippen molar-refractivity contribution in [1.29, 1.82) is 0 Å². The Kier molecular flexibility index (Phi) is 3.50. The average Bonchev–Trinajstić information content (AvgIpc) is 3.02. The molecule has 0 radical (unpaired) electrons. The van der Waals surface area contributed by atoms with Gasteiger partial charge in [-0.15, -0.1) is 11.3 Å². The zero-order valence-electron chi connectivity index (χ0n) is 10.9. The molecule has 0 atom stereocenters. The van der Waals surface area contributed by atoms with Gasteiger partial charge in [0.25, 0.3) is 0 Å². The van der Waals surface area contributed by atoms with E-state index in [0.717, 1.165) is 28.8 Å². The molecule has 0 spiro atoms. The summed E-state index contributed by atoms with van der Waals surface area (Å²) in [5, 5.41) is 1.05. The summed E-state index contributed by atoms with van der Waals surface area (Å²) in [4.78, 5) is 8.09. The third kappa shape index (κ3) is 2.36. The Morgan fingerprint density at radius 2 is 2.00 bits per heavy atom. The van der Waals surface area contributed by atoms with Crippen LogP contribution in [0.1, 0.15) is 21.7 Å². The van der Waals surface area contributed by atoms with Crippen molar-refractivity contribution in [3.05, 3.63) is 46.0 Å². The molecule has 0 aliphatic carbocycles. The Morgan fingerprint density at radius 3 is 2.58 bits per heavy atom. The fraction of sp³-hybridized carbons (Fsp3) is 0.357. The summed E-state index contributed by atoms with van der Waals surface area (Å²) >= 11 is 1.68. The first-order chi connectivity index (χ1) is 9.31. The Morgan fingerprint density at radius 1 is 1.32 bits per heavy atom. The van der Waals surface area contributed by atoms with Gasteiger partial charge >= 0.3 is 0 Å². The van der Waals surface area contributed by atoms with Crippen molar-refractivity contribution in [2.24, 2.45) is 5.73 Å². The molecule has 2 heterocycles. The Labute approximate surface area is 116 Å². The van der Waals surface area contributed by atoms with Gasteiger partial charge in [-0.1, -0.05) is 24.3 Å². The lowest BCUT2D eigenvalue weighted by molar-refractivity contribution is 0.181. The lowest BCUT2D eigenvalue weighted by Gasteiger charge is -2.12. The smallest absolute Gasteiger partial charge is 0.186 e. The van der Waals surface area contributed by atoms with Crippen LogP contribution in [0.3, 0.4) is 0 Å². The van der Waals surface area contributed by atoms with Crippen LogP contribution in [-0.4, -0.2) is 12.1 Å². The van der Waals surface area contributed by atoms with Crippen LogP contribution in [-0.2, 0) is 31.0 Å². The number of hydrogen-bond acceptors (Lipinski definition) is 5. The van der Waals surface area contributed by atoms with E-state index in [2.05, 4.69) is 34.1 Å². The Balaban J connectivity index is 1.85. The summed E-state index contributed by atoms with van der Waals surface area (Å²) < 4.78 is 5.18. The zero-order chi connectivity index (χ0) is 13.2. The summed E-state index contributed by atoms with van der Waals surface area (Å²) in [6, 6.07) is 8.55. The fourth-order valence-corrected chi connectivity index (χ4v) is 3.32. The third-order valence-electron chi connectivity index (χ3n) is 3.34. The number of rotatable bonds is 4. The number of ether oxygens (including phenoxy) is 1. The standard InChI is InChI=1S/C14H17N3OS/c1-18-9-12-13(6-15)19-14(16-12)17-7-10-4-2-3-5-11(10)8-17/h2-5H,6-9,15H2,1H3. The topological polar surface area (TPSA) is 51.4 Å². The number of aromatic nitrogens is 1. The van der Waals surface area contributed by atoms with Crippen molar-refractivity contribution >= 4 is 16.5 Å². The number of hydrogen-bond donors (Lipinski definition) is 1. The van der Waals surface area contributed by atoms with Gasteiger partial charge in [-0.05, 0) is 11.1 Å². The second-order valence-corrected chi connectivity index (χ2v) is 5.69. The van der Waals surface area contributed by atoms with Crippen molar-refractivity contribution in [2.45, 2.75) is 26.2 Å². The van der Waals surface area contributed by atoms with E-state index in [-0.39, 0.29) is 0 Å². The average molecular weight is 275 g/mol. The summed E-state index contributed by atoms with van der Waals surface area (Å²) in [5.74, 6) is 0. The van der Waals surface area contributed by atoms with Gasteiger partial charge in [0.05, 0.1) is 12.3 Å². The number of fused-ring (bicyclic) bond motifs is 1. The molecule has 1 aliphatic heterocycles. The molecule has 1 aromatic carbocycles. The highest BCUT2D eigenvalue weighted by molar-refractivity contribution is 7.15. The van der Waals surface area contributed by atoms with Crippen molar-refractivity contribution < 1.29 is 4.74 Å². The van der Waals surface area contributed by atoms with E-state index in [0.29, 0.717) is 13.2 Å². The maximum atomic E-state index is 5.77. The number of nitrogens with zero attached hydrogens (tertiary/aromatic N) is 2. The molecule has 0 fully saturated rings. The van der Waals surface area contributed by atoms with Crippen LogP contribution >= 0.6 is 11.3 Å². The molecule has 19 heavy (non-hydrogen) atoms. The van der Waals surface area contributed by atoms with E-state index in [9.17, 15) is 0 Å². The minimum atomic E-state index is 0.525. The van der Waals surface area contributed by atoms with E-state index in [1.807, 2.05) is 0 Å². The first-order valence-electron chi connectivity index (χ1n) is 6.31. The number of anilines is 1. The van der Waals surface area contributed by atoms with Gasteiger partial charge in [0.15, 0.2) is 5.13 Å². The molecule has 1 aromatic heterocycles. The minimum absolute atomic E-state index is 0.525. The van der Waals surface area contributed by atoms with Crippen LogP contribution in [0.25, 0.3) is 0 Å². The first kappa shape index (κ1) is 12.6. The third-order valence-corrected chi connectivity index (χ3v) is 4.53. The fourth-order valence-electron chi connectivity index (χ4n) is 2.38. The van der Waals surface area contributed by atoms with Crippen LogP contribution in [0.5, 0.6) is 0 Å². The highest BCUT2D eigenvalue weighted by Crippen LogP contribution is 2.33. The summed E-state index contributed by atoms with van der Waals surface area (Å²) in [5.41, 5.74) is 9.52. The van der Waals surface area contributed by atoms with E-state index in [1.165, 1.54) is 11.1 Å². The molecule has 5 heteroatoms. The normalized spacial score (nSPS) is 13.9. The lowest BCUT2D eigenvalue weighted by Crippen LogP contribution is -2.14. The van der Waals surface area contributed by atoms with Crippen molar-refractivity contribution in [1.82, 2.24) is 4.98 Å². The van der Waals surface area contributed by atoms with Crippen molar-refractivity contribution in [3.8, 4) is 0 Å². The molecule has 2 aromatic rings. The van der Waals surface area contributed by atoms with Crippen molar-refractivity contribution in [2.75, 3.05) is 12.0 Å². The van der Waals surface area contributed by atoms with E-state index in [1.54, 1.807) is 18.4 Å². The van der Waals surface area contributed by atoms with E-state index >= 15 is 0 Å². The van der Waals surface area contributed by atoms with Gasteiger partial charge in [0.1, 0.15) is 0 Å². The van der Waals surface area contributed by atoms with Gasteiger partial charge in [-0.25, -0.2) is 4.98 Å². The molecule has 0 unspecified atom stereocenters.